The van der Waals surface area contributed by atoms with Crippen LogP contribution in [0.25, 0.3) is 0 Å². The smallest absolute Gasteiger partial charge is 0.337 e. The van der Waals surface area contributed by atoms with Crippen molar-refractivity contribution in [3.63, 3.8) is 0 Å². The molecule has 2 aromatic carbocycles. The summed E-state index contributed by atoms with van der Waals surface area (Å²) in [6.45, 7) is 0.259. The molecule has 0 aromatic heterocycles. The average molecular weight is 450 g/mol. The minimum Gasteiger partial charge on any atom is -0.495 e. The number of sulfonamides is 1. The molecule has 0 spiro atoms. The Kier molecular flexibility index (Phi) is 6.91. The molecule has 3 rings (SSSR count). The average Bonchev–Trinajstić information content (AvgIpc) is 2.78. The Labute approximate surface area is 180 Å². The Hall–Kier alpha value is -2.98. The molecule has 1 atom stereocenters. The molecular weight excluding hydrogens is 427 g/mol. The van der Waals surface area contributed by atoms with Crippen LogP contribution >= 0.6 is 0 Å². The van der Waals surface area contributed by atoms with Gasteiger partial charge in [0.15, 0.2) is 0 Å². The van der Waals surface area contributed by atoms with Crippen LogP contribution in [0.1, 0.15) is 23.2 Å². The van der Waals surface area contributed by atoms with Crippen molar-refractivity contribution in [1.82, 2.24) is 4.31 Å². The number of carbonyl (C=O) groups excluding carboxylic acids is 2. The van der Waals surface area contributed by atoms with Gasteiger partial charge in [0, 0.05) is 13.1 Å². The summed E-state index contributed by atoms with van der Waals surface area (Å²) in [6.07, 6.45) is 0.998. The fourth-order valence-corrected chi connectivity index (χ4v) is 4.94. The molecule has 166 valence electrons. The number of nitrogens with zero attached hydrogens (tertiary/aromatic N) is 1. The lowest BCUT2D eigenvalue weighted by Gasteiger charge is -2.31. The fraction of sp³-hybridized carbons (Fsp3) is 0.333. The zero-order valence-electron chi connectivity index (χ0n) is 17.1. The van der Waals surface area contributed by atoms with E-state index in [-0.39, 0.29) is 35.1 Å². The second kappa shape index (κ2) is 9.44. The highest BCUT2D eigenvalue weighted by Crippen LogP contribution is 2.29. The first-order valence-corrected chi connectivity index (χ1v) is 11.0. The first kappa shape index (κ1) is 22.7. The second-order valence-corrected chi connectivity index (χ2v) is 8.99. The third kappa shape index (κ3) is 5.02. The molecule has 0 radical (unpaired) electrons. The van der Waals surface area contributed by atoms with Crippen molar-refractivity contribution >= 4 is 27.6 Å². The van der Waals surface area contributed by atoms with E-state index in [9.17, 15) is 22.4 Å². The van der Waals surface area contributed by atoms with E-state index in [1.165, 1.54) is 48.9 Å². The Morgan fingerprint density at radius 1 is 1.13 bits per heavy atom. The van der Waals surface area contributed by atoms with Crippen molar-refractivity contribution in [2.75, 3.05) is 32.6 Å². The SMILES string of the molecule is COC(=O)c1ccc(OC)c(NC(=O)C2CCCN(S(=O)(=O)c3ccc(F)cc3)C2)c1. The molecule has 1 fully saturated rings. The van der Waals surface area contributed by atoms with Crippen LogP contribution in [-0.4, -0.2) is 51.9 Å². The molecule has 1 amide bonds. The molecule has 0 bridgehead atoms. The Bertz CT molecular complexity index is 1070. The zero-order valence-corrected chi connectivity index (χ0v) is 17.9. The van der Waals surface area contributed by atoms with E-state index < -0.39 is 27.7 Å². The largest absolute Gasteiger partial charge is 0.495 e. The maximum Gasteiger partial charge on any atom is 0.337 e. The lowest BCUT2D eigenvalue weighted by molar-refractivity contribution is -0.120. The maximum absolute atomic E-state index is 13.2. The summed E-state index contributed by atoms with van der Waals surface area (Å²) in [4.78, 5) is 24.6. The van der Waals surface area contributed by atoms with Gasteiger partial charge in [0.2, 0.25) is 15.9 Å². The molecule has 31 heavy (non-hydrogen) atoms. The van der Waals surface area contributed by atoms with Gasteiger partial charge in [-0.2, -0.15) is 4.31 Å². The monoisotopic (exact) mass is 450 g/mol. The van der Waals surface area contributed by atoms with Gasteiger partial charge in [-0.3, -0.25) is 4.79 Å². The molecule has 0 aliphatic carbocycles. The number of ether oxygens (including phenoxy) is 2. The first-order valence-electron chi connectivity index (χ1n) is 9.59. The summed E-state index contributed by atoms with van der Waals surface area (Å²) < 4.78 is 50.1. The number of rotatable bonds is 6. The number of piperidine rings is 1. The molecule has 1 aliphatic rings. The molecular formula is C21H23FN2O6S. The maximum atomic E-state index is 13.2. The summed E-state index contributed by atoms with van der Waals surface area (Å²) in [5.41, 5.74) is 0.525. The topological polar surface area (TPSA) is 102 Å². The molecule has 1 N–H and O–H groups in total. The van der Waals surface area contributed by atoms with E-state index in [1.807, 2.05) is 0 Å². The molecule has 1 heterocycles. The van der Waals surface area contributed by atoms with Crippen molar-refractivity contribution in [2.45, 2.75) is 17.7 Å². The summed E-state index contributed by atoms with van der Waals surface area (Å²) in [6, 6.07) is 9.07. The van der Waals surface area contributed by atoms with Crippen LogP contribution in [0.4, 0.5) is 10.1 Å². The van der Waals surface area contributed by atoms with Crippen LogP contribution < -0.4 is 10.1 Å². The lowest BCUT2D eigenvalue weighted by atomic mass is 9.98. The number of esters is 1. The van der Waals surface area contributed by atoms with Gasteiger partial charge in [-0.05, 0) is 55.3 Å². The first-order chi connectivity index (χ1) is 14.8. The van der Waals surface area contributed by atoms with Crippen LogP contribution in [0.3, 0.4) is 0 Å². The fourth-order valence-electron chi connectivity index (χ4n) is 3.42. The number of amides is 1. The van der Waals surface area contributed by atoms with E-state index >= 15 is 0 Å². The highest BCUT2D eigenvalue weighted by atomic mass is 32.2. The number of hydrogen-bond donors (Lipinski definition) is 1. The van der Waals surface area contributed by atoms with Crippen LogP contribution in [0.2, 0.25) is 0 Å². The Morgan fingerprint density at radius 3 is 2.48 bits per heavy atom. The van der Waals surface area contributed by atoms with Crippen molar-refractivity contribution in [2.24, 2.45) is 5.92 Å². The van der Waals surface area contributed by atoms with Gasteiger partial charge in [0.25, 0.3) is 0 Å². The number of anilines is 1. The molecule has 1 unspecified atom stereocenters. The predicted octanol–water partition coefficient (Wildman–Crippen LogP) is 2.66. The Balaban J connectivity index is 1.77. The van der Waals surface area contributed by atoms with Gasteiger partial charge >= 0.3 is 5.97 Å². The van der Waals surface area contributed by atoms with Crippen LogP contribution in [0, 0.1) is 11.7 Å². The number of carbonyl (C=O) groups is 2. The van der Waals surface area contributed by atoms with E-state index in [1.54, 1.807) is 0 Å². The number of halogens is 1. The molecule has 1 aliphatic heterocycles. The lowest BCUT2D eigenvalue weighted by Crippen LogP contribution is -2.43. The quantitative estimate of drug-likeness (QED) is 0.679. The molecule has 0 saturated carbocycles. The minimum atomic E-state index is -3.85. The summed E-state index contributed by atoms with van der Waals surface area (Å²) in [5, 5.41) is 2.73. The van der Waals surface area contributed by atoms with Crippen LogP contribution in [0.15, 0.2) is 47.4 Å². The third-order valence-electron chi connectivity index (χ3n) is 5.08. The standard InChI is InChI=1S/C21H23FN2O6S/c1-29-19-10-5-14(21(26)30-2)12-18(19)23-20(25)15-4-3-11-24(13-15)31(27,28)17-8-6-16(22)7-9-17/h5-10,12,15H,3-4,11,13H2,1-2H3,(H,23,25). The van der Waals surface area contributed by atoms with Gasteiger partial charge in [-0.25, -0.2) is 17.6 Å². The second-order valence-electron chi connectivity index (χ2n) is 7.05. The van der Waals surface area contributed by atoms with Gasteiger partial charge in [0.1, 0.15) is 11.6 Å². The number of nitrogens with one attached hydrogen (secondary N) is 1. The summed E-state index contributed by atoms with van der Waals surface area (Å²) in [5.74, 6) is -1.73. The summed E-state index contributed by atoms with van der Waals surface area (Å²) in [7, 11) is -1.17. The number of hydrogen-bond acceptors (Lipinski definition) is 6. The highest BCUT2D eigenvalue weighted by Gasteiger charge is 2.33. The van der Waals surface area contributed by atoms with Crippen molar-refractivity contribution < 1.29 is 31.9 Å². The normalized spacial score (nSPS) is 17.1. The third-order valence-corrected chi connectivity index (χ3v) is 6.96. The van der Waals surface area contributed by atoms with Crippen molar-refractivity contribution in [3.05, 3.63) is 53.8 Å². The van der Waals surface area contributed by atoms with E-state index in [2.05, 4.69) is 5.32 Å². The Morgan fingerprint density at radius 2 is 1.84 bits per heavy atom. The van der Waals surface area contributed by atoms with Gasteiger partial charge in [-0.15, -0.1) is 0 Å². The number of benzene rings is 2. The van der Waals surface area contributed by atoms with Gasteiger partial charge < -0.3 is 14.8 Å². The highest BCUT2D eigenvalue weighted by molar-refractivity contribution is 7.89. The van der Waals surface area contributed by atoms with Gasteiger partial charge in [-0.1, -0.05) is 0 Å². The van der Waals surface area contributed by atoms with Crippen LogP contribution in [0.5, 0.6) is 5.75 Å². The number of methoxy groups -OCH3 is 2. The molecule has 10 heteroatoms. The van der Waals surface area contributed by atoms with Crippen LogP contribution in [-0.2, 0) is 19.6 Å². The predicted molar refractivity (Wildman–Crippen MR) is 111 cm³/mol. The summed E-state index contributed by atoms with van der Waals surface area (Å²) >= 11 is 0. The zero-order chi connectivity index (χ0) is 22.6. The van der Waals surface area contributed by atoms with Crippen molar-refractivity contribution in [1.29, 1.82) is 0 Å². The van der Waals surface area contributed by atoms with E-state index in [0.717, 1.165) is 12.1 Å². The van der Waals surface area contributed by atoms with E-state index in [4.69, 9.17) is 9.47 Å². The van der Waals surface area contributed by atoms with E-state index in [0.29, 0.717) is 18.6 Å². The van der Waals surface area contributed by atoms with Crippen molar-refractivity contribution in [3.8, 4) is 5.75 Å². The van der Waals surface area contributed by atoms with Gasteiger partial charge in [0.05, 0.1) is 36.3 Å². The molecule has 8 nitrogen and oxygen atoms in total. The molecule has 1 saturated heterocycles. The minimum absolute atomic E-state index is 0.00937. The molecule has 2 aromatic rings.